The Morgan fingerprint density at radius 3 is 2.68 bits per heavy atom. The Kier molecular flexibility index (Phi) is 5.70. The first-order valence-electron chi connectivity index (χ1n) is 10.1. The smallest absolute Gasteiger partial charge is 0.311 e. The number of anilines is 2. The number of carbonyl (C=O) groups is 4. The molecule has 8 heteroatoms. The fraction of sp³-hybridized carbons (Fsp3) is 0.304. The van der Waals surface area contributed by atoms with Crippen molar-refractivity contribution >= 4 is 34.9 Å². The minimum Gasteiger partial charge on any atom is -0.482 e. The van der Waals surface area contributed by atoms with Gasteiger partial charge >= 0.3 is 5.97 Å². The Morgan fingerprint density at radius 1 is 1.16 bits per heavy atom. The molecule has 31 heavy (non-hydrogen) atoms. The Bertz CT molecular complexity index is 1050. The number of fused-ring (bicyclic) bond motifs is 1. The van der Waals surface area contributed by atoms with Gasteiger partial charge in [0, 0.05) is 24.2 Å². The summed E-state index contributed by atoms with van der Waals surface area (Å²) >= 11 is 0. The van der Waals surface area contributed by atoms with Gasteiger partial charge in [-0.15, -0.1) is 0 Å². The van der Waals surface area contributed by atoms with Gasteiger partial charge in [0.15, 0.2) is 19.0 Å². The largest absolute Gasteiger partial charge is 0.482 e. The van der Waals surface area contributed by atoms with Gasteiger partial charge in [0.25, 0.3) is 5.91 Å². The lowest BCUT2D eigenvalue weighted by Crippen LogP contribution is -2.27. The van der Waals surface area contributed by atoms with Crippen LogP contribution in [-0.2, 0) is 25.5 Å². The molecule has 0 spiro atoms. The summed E-state index contributed by atoms with van der Waals surface area (Å²) in [6.45, 7) is 1.76. The molecule has 0 bridgehead atoms. The second-order valence-electron chi connectivity index (χ2n) is 7.50. The molecule has 4 rings (SSSR count). The Hall–Kier alpha value is -3.68. The molecular formula is C23H22N2O6. The third kappa shape index (κ3) is 4.42. The number of esters is 1. The highest BCUT2D eigenvalue weighted by Gasteiger charge is 2.36. The fourth-order valence-electron chi connectivity index (χ4n) is 3.62. The zero-order valence-corrected chi connectivity index (χ0v) is 17.1. The summed E-state index contributed by atoms with van der Waals surface area (Å²) in [6, 6.07) is 12.3. The van der Waals surface area contributed by atoms with Gasteiger partial charge in [0.1, 0.15) is 5.75 Å². The predicted octanol–water partition coefficient (Wildman–Crippen LogP) is 2.36. The number of aryl methyl sites for hydroxylation is 1. The summed E-state index contributed by atoms with van der Waals surface area (Å²) in [5.41, 5.74) is 2.60. The lowest BCUT2D eigenvalue weighted by molar-refractivity contribution is -0.147. The minimum absolute atomic E-state index is 0.0464. The number of hydrogen-bond donors (Lipinski definition) is 1. The normalized spacial score (nSPS) is 17.6. The highest BCUT2D eigenvalue weighted by Crippen LogP contribution is 2.29. The molecule has 2 aliphatic rings. The predicted molar refractivity (Wildman–Crippen MR) is 112 cm³/mol. The van der Waals surface area contributed by atoms with Gasteiger partial charge in [0.05, 0.1) is 11.6 Å². The van der Waals surface area contributed by atoms with Crippen molar-refractivity contribution in [2.24, 2.45) is 5.92 Å². The van der Waals surface area contributed by atoms with Crippen molar-refractivity contribution < 1.29 is 28.7 Å². The van der Waals surface area contributed by atoms with E-state index in [9.17, 15) is 19.2 Å². The topological polar surface area (TPSA) is 102 Å². The third-order valence-electron chi connectivity index (χ3n) is 5.39. The van der Waals surface area contributed by atoms with E-state index in [-0.39, 0.29) is 37.0 Å². The zero-order chi connectivity index (χ0) is 22.0. The van der Waals surface area contributed by atoms with Gasteiger partial charge in [-0.25, -0.2) is 0 Å². The van der Waals surface area contributed by atoms with Crippen LogP contribution in [0, 0.1) is 5.92 Å². The number of ketones is 1. The van der Waals surface area contributed by atoms with Crippen molar-refractivity contribution in [1.82, 2.24) is 0 Å². The van der Waals surface area contributed by atoms with E-state index >= 15 is 0 Å². The van der Waals surface area contributed by atoms with E-state index in [0.717, 1.165) is 17.7 Å². The number of hydrogen-bond acceptors (Lipinski definition) is 6. The molecule has 1 saturated heterocycles. The molecule has 1 atom stereocenters. The maximum absolute atomic E-state index is 12.4. The summed E-state index contributed by atoms with van der Waals surface area (Å²) in [6.07, 6.45) is 0.950. The molecule has 2 aliphatic heterocycles. The van der Waals surface area contributed by atoms with Crippen molar-refractivity contribution in [2.75, 3.05) is 30.0 Å². The van der Waals surface area contributed by atoms with E-state index in [2.05, 4.69) is 12.2 Å². The summed E-state index contributed by atoms with van der Waals surface area (Å²) in [4.78, 5) is 50.3. The van der Waals surface area contributed by atoms with Crippen molar-refractivity contribution in [3.63, 3.8) is 0 Å². The lowest BCUT2D eigenvalue weighted by atomic mass is 10.1. The van der Waals surface area contributed by atoms with Crippen molar-refractivity contribution in [1.29, 1.82) is 0 Å². The summed E-state index contributed by atoms with van der Waals surface area (Å²) in [5, 5.41) is 2.63. The van der Waals surface area contributed by atoms with Crippen LogP contribution in [0.1, 0.15) is 29.3 Å². The molecule has 2 aromatic carbocycles. The van der Waals surface area contributed by atoms with Gasteiger partial charge < -0.3 is 19.7 Å². The van der Waals surface area contributed by atoms with Crippen LogP contribution in [-0.4, -0.2) is 43.3 Å². The van der Waals surface area contributed by atoms with Crippen LogP contribution < -0.4 is 15.0 Å². The van der Waals surface area contributed by atoms with Gasteiger partial charge in [-0.2, -0.15) is 0 Å². The summed E-state index contributed by atoms with van der Waals surface area (Å²) < 4.78 is 10.5. The fourth-order valence-corrected chi connectivity index (χ4v) is 3.62. The first kappa shape index (κ1) is 20.6. The maximum Gasteiger partial charge on any atom is 0.311 e. The Morgan fingerprint density at radius 2 is 1.94 bits per heavy atom. The standard InChI is InChI=1S/C23H22N2O6/c1-2-14-3-6-17(7-4-14)25-11-16(10-22(25)28)23(29)31-12-19(26)15-5-8-20-18(9-15)24-21(27)13-30-20/h3-9,16H,2,10-13H2,1H3,(H,24,27). The molecule has 2 amide bonds. The molecule has 1 fully saturated rings. The quantitative estimate of drug-likeness (QED) is 0.566. The Balaban J connectivity index is 1.34. The second kappa shape index (κ2) is 8.59. The van der Waals surface area contributed by atoms with Crippen LogP contribution in [0.4, 0.5) is 11.4 Å². The SMILES string of the molecule is CCc1ccc(N2CC(C(=O)OCC(=O)c3ccc4c(c3)NC(=O)CO4)CC2=O)cc1. The van der Waals surface area contributed by atoms with Crippen LogP contribution in [0.5, 0.6) is 5.75 Å². The minimum atomic E-state index is -0.623. The molecule has 2 aromatic rings. The number of ether oxygens (including phenoxy) is 2. The van der Waals surface area contributed by atoms with Gasteiger partial charge in [-0.05, 0) is 42.3 Å². The molecule has 1 N–H and O–H groups in total. The molecule has 2 heterocycles. The monoisotopic (exact) mass is 422 g/mol. The van der Waals surface area contributed by atoms with Crippen molar-refractivity contribution in [2.45, 2.75) is 19.8 Å². The molecule has 1 unspecified atom stereocenters. The molecule has 160 valence electrons. The van der Waals surface area contributed by atoms with E-state index in [1.165, 1.54) is 6.07 Å². The first-order chi connectivity index (χ1) is 14.9. The van der Waals surface area contributed by atoms with Crippen molar-refractivity contribution in [3.8, 4) is 5.75 Å². The number of nitrogens with one attached hydrogen (secondary N) is 1. The van der Waals surface area contributed by atoms with Crippen LogP contribution in [0.25, 0.3) is 0 Å². The summed E-state index contributed by atoms with van der Waals surface area (Å²) in [7, 11) is 0. The van der Waals surface area contributed by atoms with Gasteiger partial charge in [-0.3, -0.25) is 19.2 Å². The number of amides is 2. The van der Waals surface area contributed by atoms with Crippen LogP contribution in [0.2, 0.25) is 0 Å². The van der Waals surface area contributed by atoms with E-state index in [4.69, 9.17) is 9.47 Å². The molecule has 0 saturated carbocycles. The molecule has 0 aromatic heterocycles. The number of nitrogens with zero attached hydrogens (tertiary/aromatic N) is 1. The lowest BCUT2D eigenvalue weighted by Gasteiger charge is -2.18. The zero-order valence-electron chi connectivity index (χ0n) is 17.1. The van der Waals surface area contributed by atoms with Crippen LogP contribution >= 0.6 is 0 Å². The van der Waals surface area contributed by atoms with E-state index in [0.29, 0.717) is 11.4 Å². The number of Topliss-reactive ketones (excluding diaryl/α,β-unsaturated/α-hetero) is 1. The number of rotatable bonds is 6. The second-order valence-corrected chi connectivity index (χ2v) is 7.50. The molecule has 8 nitrogen and oxygen atoms in total. The van der Waals surface area contributed by atoms with Crippen molar-refractivity contribution in [3.05, 3.63) is 53.6 Å². The summed E-state index contributed by atoms with van der Waals surface area (Å²) in [5.74, 6) is -1.59. The average Bonchev–Trinajstić information content (AvgIpc) is 3.18. The van der Waals surface area contributed by atoms with Gasteiger partial charge in [0.2, 0.25) is 5.91 Å². The first-order valence-corrected chi connectivity index (χ1v) is 10.1. The average molecular weight is 422 g/mol. The number of benzene rings is 2. The molecule has 0 aliphatic carbocycles. The Labute approximate surface area is 179 Å². The van der Waals surface area contributed by atoms with E-state index in [1.807, 2.05) is 24.3 Å². The van der Waals surface area contributed by atoms with Crippen LogP contribution in [0.3, 0.4) is 0 Å². The van der Waals surface area contributed by atoms with Crippen LogP contribution in [0.15, 0.2) is 42.5 Å². The van der Waals surface area contributed by atoms with Gasteiger partial charge in [-0.1, -0.05) is 19.1 Å². The van der Waals surface area contributed by atoms with E-state index < -0.39 is 24.3 Å². The maximum atomic E-state index is 12.4. The van der Waals surface area contributed by atoms with E-state index in [1.54, 1.807) is 17.0 Å². The highest BCUT2D eigenvalue weighted by molar-refractivity contribution is 6.02. The number of carbonyl (C=O) groups excluding carboxylic acids is 4. The molecular weight excluding hydrogens is 400 g/mol. The third-order valence-corrected chi connectivity index (χ3v) is 5.39. The highest BCUT2D eigenvalue weighted by atomic mass is 16.5. The molecule has 0 radical (unpaired) electrons.